The van der Waals surface area contributed by atoms with Crippen molar-refractivity contribution in [3.8, 4) is 11.5 Å². The van der Waals surface area contributed by atoms with E-state index in [0.717, 1.165) is 22.2 Å². The van der Waals surface area contributed by atoms with E-state index in [0.29, 0.717) is 23.0 Å². The van der Waals surface area contributed by atoms with Crippen LogP contribution in [-0.4, -0.2) is 10.9 Å². The van der Waals surface area contributed by atoms with Crippen molar-refractivity contribution >= 4 is 34.3 Å². The summed E-state index contributed by atoms with van der Waals surface area (Å²) in [6.07, 6.45) is 0.447. The van der Waals surface area contributed by atoms with Gasteiger partial charge in [-0.3, -0.25) is 4.79 Å². The summed E-state index contributed by atoms with van der Waals surface area (Å²) in [6, 6.07) is 11.2. The van der Waals surface area contributed by atoms with E-state index < -0.39 is 0 Å². The smallest absolute Gasteiger partial charge is 0.227 e. The zero-order valence-corrected chi connectivity index (χ0v) is 14.6. The fourth-order valence-corrected chi connectivity index (χ4v) is 2.65. The topological polar surface area (TPSA) is 55.1 Å². The molecule has 0 fully saturated rings. The second-order valence-corrected chi connectivity index (χ2v) is 6.74. The molecule has 1 heterocycles. The molecule has 24 heavy (non-hydrogen) atoms. The van der Waals surface area contributed by atoms with Gasteiger partial charge in [0.15, 0.2) is 5.58 Å². The molecule has 3 rings (SSSR count). The average Bonchev–Trinajstić information content (AvgIpc) is 2.91. The van der Waals surface area contributed by atoms with Crippen LogP contribution in [0.4, 0.5) is 5.69 Å². The molecule has 0 radical (unpaired) electrons. The summed E-state index contributed by atoms with van der Waals surface area (Å²) in [5.41, 5.74) is 4.01. The molecular weight excluding hydrogens is 324 g/mol. The van der Waals surface area contributed by atoms with Crippen LogP contribution in [0.3, 0.4) is 0 Å². The molecule has 0 saturated heterocycles. The maximum atomic E-state index is 12.0. The van der Waals surface area contributed by atoms with Crippen molar-refractivity contribution in [1.82, 2.24) is 4.98 Å². The number of hydrogen-bond acceptors (Lipinski definition) is 3. The monoisotopic (exact) mass is 342 g/mol. The number of aromatic nitrogens is 1. The number of amides is 1. The number of carbonyl (C=O) groups excluding carboxylic acids is 1. The van der Waals surface area contributed by atoms with Gasteiger partial charge in [0.05, 0.1) is 10.7 Å². The molecule has 2 aromatic carbocycles. The molecule has 0 bridgehead atoms. The quantitative estimate of drug-likeness (QED) is 0.686. The Morgan fingerprint density at radius 3 is 2.79 bits per heavy atom. The Labute approximate surface area is 145 Å². The summed E-state index contributed by atoms with van der Waals surface area (Å²) in [6.45, 7) is 6.01. The third-order valence-corrected chi connectivity index (χ3v) is 3.95. The molecule has 5 heteroatoms. The minimum Gasteiger partial charge on any atom is -0.436 e. The maximum Gasteiger partial charge on any atom is 0.227 e. The Hall–Kier alpha value is -2.33. The van der Waals surface area contributed by atoms with Gasteiger partial charge in [-0.15, -0.1) is 0 Å². The number of carbonyl (C=O) groups is 1. The van der Waals surface area contributed by atoms with Crippen molar-refractivity contribution in [2.75, 3.05) is 5.32 Å². The number of fused-ring (bicyclic) bond motifs is 1. The van der Waals surface area contributed by atoms with E-state index in [4.69, 9.17) is 16.0 Å². The van der Waals surface area contributed by atoms with Crippen molar-refractivity contribution in [3.63, 3.8) is 0 Å². The molecule has 0 atom stereocenters. The number of nitrogens with one attached hydrogen (secondary N) is 1. The number of oxazole rings is 1. The summed E-state index contributed by atoms with van der Waals surface area (Å²) >= 11 is 6.20. The first-order valence-electron chi connectivity index (χ1n) is 7.89. The van der Waals surface area contributed by atoms with E-state index in [2.05, 4.69) is 10.3 Å². The molecule has 3 aromatic rings. The van der Waals surface area contributed by atoms with E-state index in [1.165, 1.54) is 0 Å². The fraction of sp³-hybridized carbons (Fsp3) is 0.263. The SMILES string of the molecule is Cc1ccc2oc(-c3ccc(Cl)c(NC(=O)CC(C)C)c3)nc2c1. The van der Waals surface area contributed by atoms with Crippen molar-refractivity contribution in [1.29, 1.82) is 0 Å². The van der Waals surface area contributed by atoms with E-state index >= 15 is 0 Å². The zero-order valence-electron chi connectivity index (χ0n) is 13.9. The van der Waals surface area contributed by atoms with Gasteiger partial charge in [0.1, 0.15) is 5.52 Å². The lowest BCUT2D eigenvalue weighted by molar-refractivity contribution is -0.116. The van der Waals surface area contributed by atoms with Gasteiger partial charge in [-0.1, -0.05) is 31.5 Å². The molecule has 4 nitrogen and oxygen atoms in total. The summed E-state index contributed by atoms with van der Waals surface area (Å²) in [7, 11) is 0. The van der Waals surface area contributed by atoms with Crippen LogP contribution in [0.2, 0.25) is 5.02 Å². The summed E-state index contributed by atoms with van der Waals surface area (Å²) in [4.78, 5) is 16.5. The van der Waals surface area contributed by atoms with Crippen molar-refractivity contribution in [2.45, 2.75) is 27.2 Å². The highest BCUT2D eigenvalue weighted by Crippen LogP contribution is 2.30. The van der Waals surface area contributed by atoms with Gasteiger partial charge in [-0.05, 0) is 48.7 Å². The van der Waals surface area contributed by atoms with Crippen LogP contribution in [0.1, 0.15) is 25.8 Å². The highest BCUT2D eigenvalue weighted by Gasteiger charge is 2.13. The molecule has 0 unspecified atom stereocenters. The number of hydrogen-bond donors (Lipinski definition) is 1. The summed E-state index contributed by atoms with van der Waals surface area (Å²) in [5, 5.41) is 3.34. The molecule has 0 spiro atoms. The number of anilines is 1. The Bertz CT molecular complexity index is 900. The van der Waals surface area contributed by atoms with Crippen LogP contribution in [0.5, 0.6) is 0 Å². The number of nitrogens with zero attached hydrogens (tertiary/aromatic N) is 1. The van der Waals surface area contributed by atoms with Gasteiger partial charge in [-0.25, -0.2) is 4.98 Å². The normalized spacial score (nSPS) is 11.2. The lowest BCUT2D eigenvalue weighted by Gasteiger charge is -2.09. The summed E-state index contributed by atoms with van der Waals surface area (Å²) in [5.74, 6) is 0.733. The standard InChI is InChI=1S/C19H19ClN2O2/c1-11(2)8-18(23)21-15-10-13(5-6-14(15)20)19-22-16-9-12(3)4-7-17(16)24-19/h4-7,9-11H,8H2,1-3H3,(H,21,23). The van der Waals surface area contributed by atoms with Crippen molar-refractivity contribution in [3.05, 3.63) is 47.0 Å². The Morgan fingerprint density at radius 1 is 1.25 bits per heavy atom. The predicted octanol–water partition coefficient (Wildman–Crippen LogP) is 5.44. The minimum atomic E-state index is -0.0581. The van der Waals surface area contributed by atoms with Crippen LogP contribution in [-0.2, 0) is 4.79 Å². The molecule has 0 saturated carbocycles. The minimum absolute atomic E-state index is 0.0581. The van der Waals surface area contributed by atoms with Crippen LogP contribution in [0.15, 0.2) is 40.8 Å². The average molecular weight is 343 g/mol. The molecular formula is C19H19ClN2O2. The third kappa shape index (κ3) is 3.60. The van der Waals surface area contributed by atoms with E-state index in [9.17, 15) is 4.79 Å². The van der Waals surface area contributed by atoms with Gasteiger partial charge in [0, 0.05) is 12.0 Å². The molecule has 0 aliphatic rings. The van der Waals surface area contributed by atoms with E-state index in [1.807, 2.05) is 45.0 Å². The Kier molecular flexibility index (Phi) is 4.58. The van der Waals surface area contributed by atoms with E-state index in [1.54, 1.807) is 12.1 Å². The van der Waals surface area contributed by atoms with E-state index in [-0.39, 0.29) is 11.8 Å². The molecule has 1 aromatic heterocycles. The molecule has 0 aliphatic heterocycles. The highest BCUT2D eigenvalue weighted by atomic mass is 35.5. The van der Waals surface area contributed by atoms with Gasteiger partial charge in [0.2, 0.25) is 11.8 Å². The zero-order chi connectivity index (χ0) is 17.3. The van der Waals surface area contributed by atoms with Gasteiger partial charge < -0.3 is 9.73 Å². The first-order chi connectivity index (χ1) is 11.4. The second-order valence-electron chi connectivity index (χ2n) is 6.33. The maximum absolute atomic E-state index is 12.0. The number of rotatable bonds is 4. The third-order valence-electron chi connectivity index (χ3n) is 3.62. The second kappa shape index (κ2) is 6.65. The Balaban J connectivity index is 1.93. The number of aryl methyl sites for hydroxylation is 1. The predicted molar refractivity (Wildman–Crippen MR) is 97.3 cm³/mol. The first-order valence-corrected chi connectivity index (χ1v) is 8.27. The van der Waals surface area contributed by atoms with Crippen LogP contribution >= 0.6 is 11.6 Å². The molecule has 124 valence electrons. The number of benzene rings is 2. The molecule has 0 aliphatic carbocycles. The van der Waals surface area contributed by atoms with Crippen LogP contribution in [0.25, 0.3) is 22.6 Å². The molecule has 1 amide bonds. The summed E-state index contributed by atoms with van der Waals surface area (Å²) < 4.78 is 5.81. The Morgan fingerprint density at radius 2 is 2.04 bits per heavy atom. The number of halogens is 1. The molecule has 1 N–H and O–H groups in total. The van der Waals surface area contributed by atoms with Gasteiger partial charge in [-0.2, -0.15) is 0 Å². The first kappa shape index (κ1) is 16.5. The fourth-order valence-electron chi connectivity index (χ4n) is 2.49. The van der Waals surface area contributed by atoms with Gasteiger partial charge >= 0.3 is 0 Å². The lowest BCUT2D eigenvalue weighted by Crippen LogP contribution is -2.14. The van der Waals surface area contributed by atoms with Crippen molar-refractivity contribution in [2.24, 2.45) is 5.92 Å². The largest absolute Gasteiger partial charge is 0.436 e. The van der Waals surface area contributed by atoms with Crippen molar-refractivity contribution < 1.29 is 9.21 Å². The lowest BCUT2D eigenvalue weighted by atomic mass is 10.1. The van der Waals surface area contributed by atoms with Gasteiger partial charge in [0.25, 0.3) is 0 Å². The highest BCUT2D eigenvalue weighted by molar-refractivity contribution is 6.33. The van der Waals surface area contributed by atoms with Crippen LogP contribution in [0, 0.1) is 12.8 Å². The van der Waals surface area contributed by atoms with Crippen LogP contribution < -0.4 is 5.32 Å².